The van der Waals surface area contributed by atoms with Crippen LogP contribution in [0.5, 0.6) is 0 Å². The minimum Gasteiger partial charge on any atom is -0.393 e. The zero-order valence-electron chi connectivity index (χ0n) is 15.1. The van der Waals surface area contributed by atoms with Gasteiger partial charge in [-0.05, 0) is 43.9 Å². The van der Waals surface area contributed by atoms with Crippen molar-refractivity contribution in [2.75, 3.05) is 30.3 Å². The van der Waals surface area contributed by atoms with Crippen molar-refractivity contribution < 1.29 is 19.8 Å². The van der Waals surface area contributed by atoms with Crippen LogP contribution in [0.2, 0.25) is 0 Å². The predicted molar refractivity (Wildman–Crippen MR) is 99.0 cm³/mol. The van der Waals surface area contributed by atoms with Crippen LogP contribution in [0.1, 0.15) is 37.7 Å². The van der Waals surface area contributed by atoms with Gasteiger partial charge in [-0.15, -0.1) is 0 Å². The van der Waals surface area contributed by atoms with E-state index in [1.807, 2.05) is 13.0 Å². The number of aliphatic hydroxyl groups is 2. The number of β-amino-alcohol motifs (C(OH)–C–C–N with tert-alkyl or cyclic N) is 1. The first kappa shape index (κ1) is 18.7. The first-order valence-corrected chi connectivity index (χ1v) is 9.21. The lowest BCUT2D eigenvalue weighted by Gasteiger charge is -2.21. The van der Waals surface area contributed by atoms with Crippen molar-refractivity contribution in [1.82, 2.24) is 4.90 Å². The molecule has 1 saturated heterocycles. The first-order chi connectivity index (χ1) is 12.4. The largest absolute Gasteiger partial charge is 0.393 e. The van der Waals surface area contributed by atoms with Gasteiger partial charge in [0, 0.05) is 23.8 Å². The molecule has 1 saturated carbocycles. The van der Waals surface area contributed by atoms with E-state index in [2.05, 4.69) is 10.6 Å². The molecule has 0 spiro atoms. The quantitative estimate of drug-likeness (QED) is 0.659. The van der Waals surface area contributed by atoms with Gasteiger partial charge in [-0.3, -0.25) is 4.79 Å². The Hall–Kier alpha value is -2.12. The van der Waals surface area contributed by atoms with Crippen molar-refractivity contribution in [3.05, 3.63) is 23.8 Å². The van der Waals surface area contributed by atoms with E-state index in [-0.39, 0.29) is 31.0 Å². The van der Waals surface area contributed by atoms with Gasteiger partial charge in [0.15, 0.2) is 0 Å². The van der Waals surface area contributed by atoms with Gasteiger partial charge >= 0.3 is 6.03 Å². The van der Waals surface area contributed by atoms with Crippen LogP contribution >= 0.6 is 0 Å². The Bertz CT molecular complexity index is 687. The molecule has 1 aliphatic heterocycles. The maximum atomic E-state index is 12.4. The van der Waals surface area contributed by atoms with Crippen molar-refractivity contribution in [2.24, 2.45) is 5.92 Å². The maximum absolute atomic E-state index is 12.4. The lowest BCUT2D eigenvalue weighted by molar-refractivity contribution is -0.119. The second-order valence-corrected chi connectivity index (χ2v) is 7.48. The van der Waals surface area contributed by atoms with E-state index in [4.69, 9.17) is 0 Å². The number of nitrogens with zero attached hydrogens (tertiary/aromatic N) is 1. The van der Waals surface area contributed by atoms with E-state index in [0.717, 1.165) is 31.2 Å². The van der Waals surface area contributed by atoms with E-state index < -0.39 is 5.60 Å². The van der Waals surface area contributed by atoms with Gasteiger partial charge in [0.1, 0.15) is 5.60 Å². The molecule has 1 aromatic carbocycles. The van der Waals surface area contributed by atoms with E-state index in [1.54, 1.807) is 12.1 Å². The Morgan fingerprint density at radius 2 is 2.00 bits per heavy atom. The van der Waals surface area contributed by atoms with E-state index in [1.165, 1.54) is 4.90 Å². The van der Waals surface area contributed by atoms with Gasteiger partial charge in [-0.1, -0.05) is 18.9 Å². The van der Waals surface area contributed by atoms with Crippen LogP contribution in [-0.2, 0) is 4.79 Å². The number of hydrogen-bond acceptors (Lipinski definition) is 4. The molecule has 0 radical (unpaired) electrons. The highest BCUT2D eigenvalue weighted by molar-refractivity contribution is 5.95. The molecular formula is C19H27N3O4. The maximum Gasteiger partial charge on any atom is 0.321 e. The molecule has 0 aromatic heterocycles. The van der Waals surface area contributed by atoms with Crippen LogP contribution in [0.3, 0.4) is 0 Å². The number of urea groups is 1. The molecule has 2 fully saturated rings. The Morgan fingerprint density at radius 3 is 2.65 bits per heavy atom. The summed E-state index contributed by atoms with van der Waals surface area (Å²) in [6.07, 6.45) is 4.42. The molecule has 26 heavy (non-hydrogen) atoms. The Balaban J connectivity index is 1.63. The number of carbonyl (C=O) groups is 2. The lowest BCUT2D eigenvalue weighted by atomic mass is 10.1. The smallest absolute Gasteiger partial charge is 0.321 e. The molecule has 4 N–H and O–H groups in total. The van der Waals surface area contributed by atoms with Gasteiger partial charge in [0.2, 0.25) is 5.91 Å². The molecule has 3 rings (SSSR count). The number of amides is 3. The van der Waals surface area contributed by atoms with Crippen molar-refractivity contribution >= 4 is 23.3 Å². The van der Waals surface area contributed by atoms with Crippen molar-refractivity contribution in [2.45, 2.75) is 44.6 Å². The van der Waals surface area contributed by atoms with Crippen LogP contribution < -0.4 is 10.6 Å². The van der Waals surface area contributed by atoms with Gasteiger partial charge in [0.05, 0.1) is 13.2 Å². The highest BCUT2D eigenvalue weighted by Crippen LogP contribution is 2.28. The Kier molecular flexibility index (Phi) is 5.48. The number of rotatable bonds is 4. The molecule has 0 bridgehead atoms. The average Bonchev–Trinajstić information content (AvgIpc) is 3.28. The number of likely N-dealkylation sites (tertiary alicyclic amines) is 1. The average molecular weight is 361 g/mol. The second kappa shape index (κ2) is 7.63. The number of carbonyl (C=O) groups excluding carboxylic acids is 2. The monoisotopic (exact) mass is 361 g/mol. The molecule has 7 heteroatoms. The molecule has 1 heterocycles. The molecular weight excluding hydrogens is 334 g/mol. The fraction of sp³-hybridized carbons (Fsp3) is 0.579. The number of aryl methyl sites for hydroxylation is 1. The third-order valence-electron chi connectivity index (χ3n) is 5.39. The fourth-order valence-corrected chi connectivity index (χ4v) is 3.62. The predicted octanol–water partition coefficient (Wildman–Crippen LogP) is 2.08. The SMILES string of the molecule is Cc1ccc(NC(=O)N2CC[C@@](O)(CO)C2)cc1NC(=O)C1CCCC1. The number of hydrogen-bond donors (Lipinski definition) is 4. The van der Waals surface area contributed by atoms with Crippen LogP contribution in [-0.4, -0.2) is 52.3 Å². The fourth-order valence-electron chi connectivity index (χ4n) is 3.62. The van der Waals surface area contributed by atoms with Gasteiger partial charge in [-0.25, -0.2) is 4.79 Å². The molecule has 1 atom stereocenters. The topological polar surface area (TPSA) is 102 Å². The molecule has 2 aliphatic rings. The van der Waals surface area contributed by atoms with Crippen LogP contribution in [0.25, 0.3) is 0 Å². The summed E-state index contributed by atoms with van der Waals surface area (Å²) < 4.78 is 0. The zero-order chi connectivity index (χ0) is 18.7. The number of anilines is 2. The van der Waals surface area contributed by atoms with Gasteiger partial charge in [0.25, 0.3) is 0 Å². The summed E-state index contributed by atoms with van der Waals surface area (Å²) in [6.45, 7) is 2.04. The van der Waals surface area contributed by atoms with Crippen LogP contribution in [0.15, 0.2) is 18.2 Å². The summed E-state index contributed by atoms with van der Waals surface area (Å²) in [7, 11) is 0. The summed E-state index contributed by atoms with van der Waals surface area (Å²) in [5.41, 5.74) is 1.00. The Labute approximate surface area is 153 Å². The molecule has 1 aromatic rings. The summed E-state index contributed by atoms with van der Waals surface area (Å²) >= 11 is 0. The van der Waals surface area contributed by atoms with E-state index in [9.17, 15) is 19.8 Å². The third kappa shape index (κ3) is 4.16. The summed E-state index contributed by atoms with van der Waals surface area (Å²) in [4.78, 5) is 26.2. The lowest BCUT2D eigenvalue weighted by Crippen LogP contribution is -2.40. The number of benzene rings is 1. The molecule has 3 amide bonds. The molecule has 1 aliphatic carbocycles. The normalized spacial score (nSPS) is 23.3. The Morgan fingerprint density at radius 1 is 1.27 bits per heavy atom. The summed E-state index contributed by atoms with van der Waals surface area (Å²) in [6, 6.07) is 5.07. The van der Waals surface area contributed by atoms with Gasteiger partial charge < -0.3 is 25.7 Å². The van der Waals surface area contributed by atoms with E-state index >= 15 is 0 Å². The van der Waals surface area contributed by atoms with Crippen molar-refractivity contribution in [3.63, 3.8) is 0 Å². The zero-order valence-corrected chi connectivity index (χ0v) is 15.1. The number of nitrogens with one attached hydrogen (secondary N) is 2. The minimum atomic E-state index is -1.22. The molecule has 0 unspecified atom stereocenters. The van der Waals surface area contributed by atoms with E-state index in [0.29, 0.717) is 24.3 Å². The second-order valence-electron chi connectivity index (χ2n) is 7.48. The highest BCUT2D eigenvalue weighted by atomic mass is 16.3. The molecule has 142 valence electrons. The minimum absolute atomic E-state index is 0.0432. The summed E-state index contributed by atoms with van der Waals surface area (Å²) in [5.74, 6) is 0.120. The van der Waals surface area contributed by atoms with Crippen molar-refractivity contribution in [1.29, 1.82) is 0 Å². The van der Waals surface area contributed by atoms with Crippen LogP contribution in [0.4, 0.5) is 16.2 Å². The summed E-state index contributed by atoms with van der Waals surface area (Å²) in [5, 5.41) is 25.0. The third-order valence-corrected chi connectivity index (χ3v) is 5.39. The highest BCUT2D eigenvalue weighted by Gasteiger charge is 2.37. The molecule has 7 nitrogen and oxygen atoms in total. The first-order valence-electron chi connectivity index (χ1n) is 9.21. The van der Waals surface area contributed by atoms with Crippen molar-refractivity contribution in [3.8, 4) is 0 Å². The number of aliphatic hydroxyl groups excluding tert-OH is 1. The van der Waals surface area contributed by atoms with Gasteiger partial charge in [-0.2, -0.15) is 0 Å². The van der Waals surface area contributed by atoms with Crippen LogP contribution in [0, 0.1) is 12.8 Å². The standard InChI is InChI=1S/C19H27N3O4/c1-13-6-7-15(10-16(13)21-17(24)14-4-2-3-5-14)20-18(25)22-9-8-19(26,11-22)12-23/h6-7,10,14,23,26H,2-5,8-9,11-12H2,1H3,(H,20,25)(H,21,24)/t19-/m0/s1.